The number of hydrogen-bond acceptors (Lipinski definition) is 6. The van der Waals surface area contributed by atoms with Gasteiger partial charge in [-0.25, -0.2) is 4.98 Å². The van der Waals surface area contributed by atoms with E-state index in [1.807, 2.05) is 12.1 Å². The van der Waals surface area contributed by atoms with Crippen molar-refractivity contribution in [1.82, 2.24) is 9.97 Å². The monoisotopic (exact) mass is 445 g/mol. The van der Waals surface area contributed by atoms with E-state index < -0.39 is 0 Å². The molecule has 5 rings (SSSR count). The number of anilines is 3. The number of nitrogens with zero attached hydrogens (tertiary/aromatic N) is 4. The van der Waals surface area contributed by atoms with Crippen LogP contribution in [0.1, 0.15) is 25.5 Å². The molecule has 1 aromatic carbocycles. The third kappa shape index (κ3) is 3.67. The lowest BCUT2D eigenvalue weighted by molar-refractivity contribution is 0.265. The highest BCUT2D eigenvalue weighted by atomic mass is 35.5. The van der Waals surface area contributed by atoms with Crippen molar-refractivity contribution in [2.24, 2.45) is 0 Å². The number of rotatable bonds is 5. The van der Waals surface area contributed by atoms with E-state index >= 15 is 0 Å². The zero-order valence-electron chi connectivity index (χ0n) is 17.3. The number of piperazine rings is 1. The van der Waals surface area contributed by atoms with Crippen molar-refractivity contribution in [2.75, 3.05) is 47.1 Å². The Kier molecular flexibility index (Phi) is 5.16. The number of hydrogen-bond donors (Lipinski definition) is 2. The summed E-state index contributed by atoms with van der Waals surface area (Å²) >= 11 is 6.05. The Labute approximate surface area is 185 Å². The van der Waals surface area contributed by atoms with E-state index in [2.05, 4.69) is 40.0 Å². The Bertz CT molecular complexity index is 978. The third-order valence-corrected chi connectivity index (χ3v) is 8.37. The summed E-state index contributed by atoms with van der Waals surface area (Å²) in [6.07, 6.45) is 2.93. The fourth-order valence-corrected chi connectivity index (χ4v) is 5.98. The molecule has 0 bridgehead atoms. The second kappa shape index (κ2) is 7.70. The van der Waals surface area contributed by atoms with Crippen LogP contribution in [0.25, 0.3) is 0 Å². The van der Waals surface area contributed by atoms with Crippen molar-refractivity contribution < 1.29 is 5.11 Å². The number of fused-ring (bicyclic) bond motifs is 1. The van der Waals surface area contributed by atoms with Crippen LogP contribution in [0.2, 0.25) is 5.02 Å². The maximum Gasteiger partial charge on any atom is 0.227 e. The van der Waals surface area contributed by atoms with Crippen molar-refractivity contribution in [3.05, 3.63) is 35.0 Å². The number of halogens is 1. The number of aromatic nitrogens is 2. The topological polar surface area (TPSA) is 64.5 Å². The lowest BCUT2D eigenvalue weighted by Crippen LogP contribution is -2.52. The molecule has 0 amide bonds. The van der Waals surface area contributed by atoms with Gasteiger partial charge in [0.15, 0.2) is 0 Å². The maximum absolute atomic E-state index is 9.80. The van der Waals surface area contributed by atoms with Crippen LogP contribution in [0.3, 0.4) is 0 Å². The summed E-state index contributed by atoms with van der Waals surface area (Å²) in [6, 6.07) is 8.34. The van der Waals surface area contributed by atoms with Gasteiger partial charge in [-0.3, -0.25) is 0 Å². The van der Waals surface area contributed by atoms with E-state index in [4.69, 9.17) is 21.6 Å². The number of aliphatic hydroxyl groups is 1. The molecular weight excluding hydrogens is 418 g/mol. The van der Waals surface area contributed by atoms with Gasteiger partial charge in [-0.05, 0) is 56.2 Å². The molecule has 2 fully saturated rings. The summed E-state index contributed by atoms with van der Waals surface area (Å²) < 4.78 is 0. The van der Waals surface area contributed by atoms with Crippen molar-refractivity contribution in [3.8, 4) is 0 Å². The summed E-state index contributed by atoms with van der Waals surface area (Å²) in [5, 5.41) is 14.1. The van der Waals surface area contributed by atoms with E-state index in [0.717, 1.165) is 67.1 Å². The fraction of sp³-hybridized carbons (Fsp3) is 0.500. The minimum absolute atomic E-state index is 0.0795. The number of benzene rings is 1. The Morgan fingerprint density at radius 2 is 2.03 bits per heavy atom. The van der Waals surface area contributed by atoms with Crippen molar-refractivity contribution >= 4 is 45.4 Å². The first-order valence-electron chi connectivity index (χ1n) is 10.6. The van der Waals surface area contributed by atoms with Crippen LogP contribution in [0.15, 0.2) is 29.2 Å². The Morgan fingerprint density at radius 3 is 2.70 bits per heavy atom. The molecule has 8 heteroatoms. The molecule has 2 N–H and O–H groups in total. The largest absolute Gasteiger partial charge is 0.394 e. The molecule has 0 radical (unpaired) electrons. The normalized spacial score (nSPS) is 24.6. The van der Waals surface area contributed by atoms with Crippen LogP contribution in [-0.2, 0) is 6.42 Å². The molecule has 1 saturated carbocycles. The van der Waals surface area contributed by atoms with E-state index in [-0.39, 0.29) is 28.7 Å². The van der Waals surface area contributed by atoms with Crippen LogP contribution < -0.4 is 15.1 Å². The standard InChI is InChI=1S/C22H28ClN5OS/c1-15-13-27(17-5-3-16(23)4-6-17)10-11-28(15)21-24-18-7-12-30(2)19(18)20(25-21)26-22(14-29)8-9-22/h3-6,15,29H,2,7-14H2,1H3,(H,24,25,26)/t15-,30?/m0/s1. The number of aryl methyl sites for hydroxylation is 1. The average molecular weight is 446 g/mol. The van der Waals surface area contributed by atoms with Crippen LogP contribution in [0.5, 0.6) is 0 Å². The van der Waals surface area contributed by atoms with Crippen LogP contribution >= 0.6 is 22.1 Å². The van der Waals surface area contributed by atoms with Crippen molar-refractivity contribution in [1.29, 1.82) is 0 Å². The Balaban J connectivity index is 1.40. The molecule has 2 aromatic rings. The van der Waals surface area contributed by atoms with Crippen LogP contribution in [0, 0.1) is 0 Å². The van der Waals surface area contributed by atoms with Gasteiger partial charge in [-0.1, -0.05) is 17.5 Å². The smallest absolute Gasteiger partial charge is 0.227 e. The van der Waals surface area contributed by atoms with Gasteiger partial charge in [-0.2, -0.15) is 15.5 Å². The van der Waals surface area contributed by atoms with E-state index in [1.54, 1.807) is 0 Å². The zero-order chi connectivity index (χ0) is 20.9. The fourth-order valence-electron chi connectivity index (χ4n) is 4.36. The molecule has 160 valence electrons. The first kappa shape index (κ1) is 20.1. The SMILES string of the molecule is C=S1CCc2nc(N3CCN(c4ccc(Cl)cc4)C[C@@H]3C)nc(NC3(CO)CC3)c21. The van der Waals surface area contributed by atoms with Gasteiger partial charge in [0.05, 0.1) is 22.7 Å². The summed E-state index contributed by atoms with van der Waals surface area (Å²) in [5.41, 5.74) is 2.12. The minimum Gasteiger partial charge on any atom is -0.394 e. The minimum atomic E-state index is -0.203. The first-order valence-corrected chi connectivity index (χ1v) is 12.5. The summed E-state index contributed by atoms with van der Waals surface area (Å²) in [7, 11) is -0.0795. The molecule has 1 unspecified atom stereocenters. The van der Waals surface area contributed by atoms with Gasteiger partial charge >= 0.3 is 0 Å². The molecule has 0 spiro atoms. The quantitative estimate of drug-likeness (QED) is 0.688. The predicted octanol–water partition coefficient (Wildman–Crippen LogP) is 3.40. The van der Waals surface area contributed by atoms with Gasteiger partial charge in [0, 0.05) is 36.4 Å². The molecule has 2 atom stereocenters. The molecule has 30 heavy (non-hydrogen) atoms. The van der Waals surface area contributed by atoms with Crippen molar-refractivity contribution in [2.45, 2.75) is 42.7 Å². The molecule has 6 nitrogen and oxygen atoms in total. The van der Waals surface area contributed by atoms with Crippen LogP contribution in [-0.4, -0.2) is 64.5 Å². The summed E-state index contributed by atoms with van der Waals surface area (Å²) in [5.74, 6) is 7.07. The molecule has 3 heterocycles. The zero-order valence-corrected chi connectivity index (χ0v) is 18.8. The number of aliphatic hydroxyl groups excluding tert-OH is 1. The summed E-state index contributed by atoms with van der Waals surface area (Å²) in [4.78, 5) is 15.8. The van der Waals surface area contributed by atoms with Gasteiger partial charge in [0.1, 0.15) is 5.82 Å². The third-order valence-electron chi connectivity index (χ3n) is 6.41. The Hall–Kier alpha value is -1.83. The van der Waals surface area contributed by atoms with Gasteiger partial charge in [0.2, 0.25) is 5.95 Å². The van der Waals surface area contributed by atoms with E-state index in [0.29, 0.717) is 0 Å². The van der Waals surface area contributed by atoms with E-state index in [1.165, 1.54) is 10.6 Å². The first-order chi connectivity index (χ1) is 14.5. The lowest BCUT2D eigenvalue weighted by atomic mass is 10.1. The Morgan fingerprint density at radius 1 is 1.27 bits per heavy atom. The van der Waals surface area contributed by atoms with Gasteiger partial charge < -0.3 is 20.2 Å². The molecule has 1 aromatic heterocycles. The van der Waals surface area contributed by atoms with Gasteiger partial charge in [-0.15, -0.1) is 0 Å². The highest BCUT2D eigenvalue weighted by Gasteiger charge is 2.43. The van der Waals surface area contributed by atoms with Gasteiger partial charge in [0.25, 0.3) is 0 Å². The lowest BCUT2D eigenvalue weighted by Gasteiger charge is -2.41. The second-order valence-corrected chi connectivity index (χ2v) is 10.9. The molecule has 1 aliphatic carbocycles. The highest BCUT2D eigenvalue weighted by Crippen LogP contribution is 2.45. The molecule has 2 aliphatic heterocycles. The van der Waals surface area contributed by atoms with E-state index in [9.17, 15) is 5.11 Å². The number of nitrogens with one attached hydrogen (secondary N) is 1. The summed E-state index contributed by atoms with van der Waals surface area (Å²) in [6.45, 7) is 5.06. The molecule has 1 saturated heterocycles. The highest BCUT2D eigenvalue weighted by molar-refractivity contribution is 8.14. The van der Waals surface area contributed by atoms with Crippen molar-refractivity contribution in [3.63, 3.8) is 0 Å². The van der Waals surface area contributed by atoms with Crippen LogP contribution in [0.4, 0.5) is 17.5 Å². The predicted molar refractivity (Wildman–Crippen MR) is 127 cm³/mol. The molecule has 3 aliphatic rings. The average Bonchev–Trinajstić information content (AvgIpc) is 3.42. The molecular formula is C22H28ClN5OS. The second-order valence-electron chi connectivity index (χ2n) is 8.62. The maximum atomic E-state index is 9.80.